The molecule has 3 rings (SSSR count). The van der Waals surface area contributed by atoms with Crippen molar-refractivity contribution in [1.29, 1.82) is 0 Å². The van der Waals surface area contributed by atoms with E-state index in [1.165, 1.54) is 19.9 Å². The minimum absolute atomic E-state index is 0.0348. The lowest BCUT2D eigenvalue weighted by Crippen LogP contribution is -2.37. The number of halogens is 3. The predicted molar refractivity (Wildman–Crippen MR) is 80.8 cm³/mol. The van der Waals surface area contributed by atoms with Crippen molar-refractivity contribution >= 4 is 6.03 Å². The minimum Gasteiger partial charge on any atom is -0.338 e. The fourth-order valence-electron chi connectivity index (χ4n) is 2.95. The number of nitrogens with one attached hydrogen (secondary N) is 2. The third-order valence-corrected chi connectivity index (χ3v) is 5.12. The van der Waals surface area contributed by atoms with Crippen LogP contribution in [0.2, 0.25) is 0 Å². The predicted octanol–water partition coefficient (Wildman–Crippen LogP) is 3.79. The number of rotatable bonds is 5. The first-order chi connectivity index (χ1) is 10.7. The largest absolute Gasteiger partial charge is 0.338 e. The Labute approximate surface area is 133 Å². The first kappa shape index (κ1) is 16.1. The fourth-order valence-corrected chi connectivity index (χ4v) is 2.95. The number of urea groups is 1. The molecule has 1 aromatic rings. The average molecular weight is 326 g/mol. The maximum absolute atomic E-state index is 13.9. The lowest BCUT2D eigenvalue weighted by Gasteiger charge is -2.09. The fraction of sp³-hybridized carbons (Fsp3) is 0.588. The van der Waals surface area contributed by atoms with Gasteiger partial charge in [-0.1, -0.05) is 26.0 Å². The zero-order chi connectivity index (χ0) is 16.8. The monoisotopic (exact) mass is 326 g/mol. The molecular weight excluding hydrogens is 305 g/mol. The molecule has 0 aliphatic heterocycles. The van der Waals surface area contributed by atoms with Crippen molar-refractivity contribution in [1.82, 2.24) is 10.6 Å². The first-order valence-electron chi connectivity index (χ1n) is 7.91. The van der Waals surface area contributed by atoms with Crippen LogP contribution in [-0.4, -0.2) is 18.5 Å². The molecule has 0 aromatic heterocycles. The van der Waals surface area contributed by atoms with E-state index in [-0.39, 0.29) is 18.9 Å². The van der Waals surface area contributed by atoms with Crippen molar-refractivity contribution < 1.29 is 18.0 Å². The molecule has 1 unspecified atom stereocenters. The number of carbonyl (C=O) groups excluding carboxylic acids is 1. The van der Waals surface area contributed by atoms with E-state index in [1.807, 2.05) is 6.07 Å². The zero-order valence-electron chi connectivity index (χ0n) is 13.3. The standard InChI is InChI=1S/C17H21F3N2O/c1-16(2)14(17(16,19)20)9-22-15(23)21-8-12-6-5-11(7-13(12)18)10-3-4-10/h5-7,10,14H,3-4,8-9H2,1-2H3,(H2,21,22,23). The molecule has 0 saturated heterocycles. The van der Waals surface area contributed by atoms with Gasteiger partial charge in [-0.25, -0.2) is 18.0 Å². The van der Waals surface area contributed by atoms with Gasteiger partial charge in [-0.3, -0.25) is 0 Å². The van der Waals surface area contributed by atoms with Crippen LogP contribution in [0.1, 0.15) is 43.7 Å². The van der Waals surface area contributed by atoms with Gasteiger partial charge in [-0.05, 0) is 30.4 Å². The van der Waals surface area contributed by atoms with Gasteiger partial charge in [0.25, 0.3) is 5.92 Å². The molecule has 2 aliphatic rings. The van der Waals surface area contributed by atoms with Gasteiger partial charge in [0.05, 0.1) is 5.92 Å². The Balaban J connectivity index is 1.46. The van der Waals surface area contributed by atoms with Crippen molar-refractivity contribution in [2.75, 3.05) is 6.54 Å². The molecule has 6 heteroatoms. The van der Waals surface area contributed by atoms with Crippen molar-refractivity contribution in [3.05, 3.63) is 35.1 Å². The quantitative estimate of drug-likeness (QED) is 0.849. The van der Waals surface area contributed by atoms with Gasteiger partial charge < -0.3 is 10.6 Å². The molecule has 1 atom stereocenters. The van der Waals surface area contributed by atoms with Gasteiger partial charge in [0.15, 0.2) is 0 Å². The Morgan fingerprint density at radius 1 is 1.26 bits per heavy atom. The maximum atomic E-state index is 13.9. The van der Waals surface area contributed by atoms with E-state index in [2.05, 4.69) is 10.6 Å². The summed E-state index contributed by atoms with van der Waals surface area (Å²) in [4.78, 5) is 11.7. The summed E-state index contributed by atoms with van der Waals surface area (Å²) in [5.74, 6) is -3.47. The van der Waals surface area contributed by atoms with Crippen molar-refractivity contribution in [3.8, 4) is 0 Å². The van der Waals surface area contributed by atoms with Gasteiger partial charge in [0, 0.05) is 24.1 Å². The molecule has 0 heterocycles. The number of amides is 2. The van der Waals surface area contributed by atoms with Crippen LogP contribution in [0, 0.1) is 17.2 Å². The Morgan fingerprint density at radius 2 is 1.91 bits per heavy atom. The summed E-state index contributed by atoms with van der Waals surface area (Å²) in [5.41, 5.74) is 0.306. The van der Waals surface area contributed by atoms with Crippen LogP contribution in [0.4, 0.5) is 18.0 Å². The third kappa shape index (κ3) is 3.03. The van der Waals surface area contributed by atoms with E-state index in [0.29, 0.717) is 11.5 Å². The molecule has 2 saturated carbocycles. The van der Waals surface area contributed by atoms with Crippen LogP contribution in [0.25, 0.3) is 0 Å². The molecule has 1 aromatic carbocycles. The molecule has 2 amide bonds. The second-order valence-electron chi connectivity index (χ2n) is 7.09. The number of hydrogen-bond acceptors (Lipinski definition) is 1. The van der Waals surface area contributed by atoms with Gasteiger partial charge in [-0.15, -0.1) is 0 Å². The molecule has 23 heavy (non-hydrogen) atoms. The van der Waals surface area contributed by atoms with E-state index < -0.39 is 23.3 Å². The van der Waals surface area contributed by atoms with Crippen molar-refractivity contribution in [2.24, 2.45) is 11.3 Å². The van der Waals surface area contributed by atoms with Crippen LogP contribution in [0.3, 0.4) is 0 Å². The molecule has 2 fully saturated rings. The molecule has 126 valence electrons. The lowest BCUT2D eigenvalue weighted by atomic mass is 10.1. The first-order valence-corrected chi connectivity index (χ1v) is 7.91. The van der Waals surface area contributed by atoms with Gasteiger partial charge in [-0.2, -0.15) is 0 Å². The van der Waals surface area contributed by atoms with Gasteiger partial charge in [0.2, 0.25) is 0 Å². The minimum atomic E-state index is -2.75. The van der Waals surface area contributed by atoms with Crippen LogP contribution >= 0.6 is 0 Å². The van der Waals surface area contributed by atoms with E-state index >= 15 is 0 Å². The Kier molecular flexibility index (Phi) is 3.81. The van der Waals surface area contributed by atoms with Gasteiger partial charge in [0.1, 0.15) is 5.82 Å². The van der Waals surface area contributed by atoms with E-state index in [4.69, 9.17) is 0 Å². The third-order valence-electron chi connectivity index (χ3n) is 5.12. The van der Waals surface area contributed by atoms with Crippen molar-refractivity contribution in [3.63, 3.8) is 0 Å². The van der Waals surface area contributed by atoms with E-state index in [9.17, 15) is 18.0 Å². The molecule has 3 nitrogen and oxygen atoms in total. The van der Waals surface area contributed by atoms with E-state index in [0.717, 1.165) is 18.4 Å². The summed E-state index contributed by atoms with van der Waals surface area (Å²) in [7, 11) is 0. The molecule has 0 spiro atoms. The summed E-state index contributed by atoms with van der Waals surface area (Å²) in [6, 6.07) is 4.50. The highest BCUT2D eigenvalue weighted by atomic mass is 19.3. The molecule has 0 bridgehead atoms. The molecule has 0 radical (unpaired) electrons. The summed E-state index contributed by atoms with van der Waals surface area (Å²) in [6.45, 7) is 2.91. The van der Waals surface area contributed by atoms with E-state index in [1.54, 1.807) is 6.07 Å². The summed E-state index contributed by atoms with van der Waals surface area (Å²) in [5, 5.41) is 4.94. The highest BCUT2D eigenvalue weighted by Crippen LogP contribution is 2.65. The average Bonchev–Trinajstić information content (AvgIpc) is 3.35. The number of alkyl halides is 2. The zero-order valence-corrected chi connectivity index (χ0v) is 13.3. The lowest BCUT2D eigenvalue weighted by molar-refractivity contribution is 0.0668. The number of hydrogen-bond donors (Lipinski definition) is 2. The number of carbonyl (C=O) groups is 1. The topological polar surface area (TPSA) is 41.1 Å². The normalized spacial score (nSPS) is 24.1. The maximum Gasteiger partial charge on any atom is 0.315 e. The SMILES string of the molecule is CC1(C)C(CNC(=O)NCc2ccc(C3CC3)cc2F)C1(F)F. The summed E-state index contributed by atoms with van der Waals surface area (Å²) >= 11 is 0. The summed E-state index contributed by atoms with van der Waals surface area (Å²) in [6.07, 6.45) is 2.20. The Morgan fingerprint density at radius 3 is 2.43 bits per heavy atom. The second-order valence-corrected chi connectivity index (χ2v) is 7.09. The van der Waals surface area contributed by atoms with Crippen LogP contribution in [0.15, 0.2) is 18.2 Å². The van der Waals surface area contributed by atoms with Crippen LogP contribution < -0.4 is 10.6 Å². The molecular formula is C17H21F3N2O. The Hall–Kier alpha value is -1.72. The van der Waals surface area contributed by atoms with Crippen LogP contribution in [-0.2, 0) is 6.54 Å². The van der Waals surface area contributed by atoms with Crippen molar-refractivity contribution in [2.45, 2.75) is 45.1 Å². The Bertz CT molecular complexity index is 612. The smallest absolute Gasteiger partial charge is 0.315 e. The van der Waals surface area contributed by atoms with Gasteiger partial charge >= 0.3 is 6.03 Å². The van der Waals surface area contributed by atoms with Crippen LogP contribution in [0.5, 0.6) is 0 Å². The molecule has 2 N–H and O–H groups in total. The highest BCUT2D eigenvalue weighted by Gasteiger charge is 2.74. The number of benzene rings is 1. The molecule has 2 aliphatic carbocycles. The highest BCUT2D eigenvalue weighted by molar-refractivity contribution is 5.73. The second kappa shape index (κ2) is 5.42. The summed E-state index contributed by atoms with van der Waals surface area (Å²) < 4.78 is 40.8.